The highest BCUT2D eigenvalue weighted by molar-refractivity contribution is 5.65. The maximum absolute atomic E-state index is 10.2. The monoisotopic (exact) mass is 284 g/mol. The van der Waals surface area contributed by atoms with E-state index in [9.17, 15) is 4.79 Å². The van der Waals surface area contributed by atoms with Crippen LogP contribution >= 0.6 is 0 Å². The predicted octanol–water partition coefficient (Wildman–Crippen LogP) is 5.72. The minimum Gasteiger partial charge on any atom is -0.299 e. The molecule has 114 valence electrons. The van der Waals surface area contributed by atoms with Crippen molar-refractivity contribution in [1.29, 1.82) is 0 Å². The Morgan fingerprint density at radius 3 is 2.33 bits per heavy atom. The first kappa shape index (κ1) is 17.4. The first-order valence-corrected chi connectivity index (χ1v) is 7.73. The lowest BCUT2D eigenvalue weighted by atomic mass is 9.72. The molecule has 1 aliphatic carbocycles. The van der Waals surface area contributed by atoms with Crippen LogP contribution < -0.4 is 0 Å². The van der Waals surface area contributed by atoms with Gasteiger partial charge in [0.05, 0.1) is 0 Å². The molecule has 1 nitrogen and oxygen atoms in total. The summed E-state index contributed by atoms with van der Waals surface area (Å²) in [6.45, 7) is 11.2. The Morgan fingerprint density at radius 1 is 1.05 bits per heavy atom. The Labute approximate surface area is 129 Å². The van der Waals surface area contributed by atoms with Crippen molar-refractivity contribution < 1.29 is 4.79 Å². The molecule has 0 N–H and O–H groups in total. The third-order valence-electron chi connectivity index (χ3n) is 4.31. The van der Waals surface area contributed by atoms with Crippen LogP contribution in [0.25, 0.3) is 0 Å². The van der Waals surface area contributed by atoms with Gasteiger partial charge >= 0.3 is 0 Å². The molecular formula is C20H28O. The molecule has 0 aromatic heterocycles. The van der Waals surface area contributed by atoms with Gasteiger partial charge in [-0.25, -0.2) is 0 Å². The van der Waals surface area contributed by atoms with E-state index in [0.29, 0.717) is 0 Å². The van der Waals surface area contributed by atoms with Crippen LogP contribution in [0.4, 0.5) is 0 Å². The maximum Gasteiger partial charge on any atom is 0.142 e. The molecule has 0 spiro atoms. The summed E-state index contributed by atoms with van der Waals surface area (Å²) in [7, 11) is 0. The fourth-order valence-corrected chi connectivity index (χ4v) is 2.79. The smallest absolute Gasteiger partial charge is 0.142 e. The Kier molecular flexibility index (Phi) is 6.61. The number of rotatable bonds is 5. The van der Waals surface area contributed by atoms with E-state index in [1.165, 1.54) is 47.6 Å². The molecule has 0 saturated carbocycles. The standard InChI is InChI=1S/C20H28O/c1-16(10-7-6-8-15-21)17(2)12-13-19-18(3)11-9-14-20(19,4)5/h6-8,10,12-13,15H,9,11,14H2,1-5H3/b8-6+,10-7-,13-12+,17-16+. The highest BCUT2D eigenvalue weighted by Crippen LogP contribution is 2.40. The van der Waals surface area contributed by atoms with Gasteiger partial charge in [0.15, 0.2) is 0 Å². The van der Waals surface area contributed by atoms with E-state index in [4.69, 9.17) is 0 Å². The highest BCUT2D eigenvalue weighted by Gasteiger charge is 2.26. The van der Waals surface area contributed by atoms with Crippen LogP contribution in [0.3, 0.4) is 0 Å². The van der Waals surface area contributed by atoms with Gasteiger partial charge in [-0.3, -0.25) is 4.79 Å². The molecule has 0 aliphatic heterocycles. The normalized spacial score (nSPS) is 20.6. The van der Waals surface area contributed by atoms with Gasteiger partial charge in [-0.05, 0) is 68.2 Å². The molecule has 0 heterocycles. The maximum atomic E-state index is 10.2. The molecule has 0 aromatic carbocycles. The van der Waals surface area contributed by atoms with Crippen molar-refractivity contribution >= 4 is 6.29 Å². The van der Waals surface area contributed by atoms with Gasteiger partial charge in [0.1, 0.15) is 6.29 Å². The molecular weight excluding hydrogens is 256 g/mol. The minimum atomic E-state index is 0.287. The van der Waals surface area contributed by atoms with Crippen LogP contribution in [0.1, 0.15) is 53.9 Å². The summed E-state index contributed by atoms with van der Waals surface area (Å²) in [5.41, 5.74) is 5.78. The number of hydrogen-bond acceptors (Lipinski definition) is 1. The summed E-state index contributed by atoms with van der Waals surface area (Å²) in [6, 6.07) is 0. The van der Waals surface area contributed by atoms with Crippen molar-refractivity contribution in [2.24, 2.45) is 5.41 Å². The zero-order chi connectivity index (χ0) is 15.9. The second-order valence-electron chi connectivity index (χ2n) is 6.51. The number of hydrogen-bond donors (Lipinski definition) is 0. The summed E-state index contributed by atoms with van der Waals surface area (Å²) >= 11 is 0. The van der Waals surface area contributed by atoms with Crippen molar-refractivity contribution in [2.75, 3.05) is 0 Å². The van der Waals surface area contributed by atoms with Gasteiger partial charge in [-0.15, -0.1) is 0 Å². The Morgan fingerprint density at radius 2 is 1.71 bits per heavy atom. The number of allylic oxidation sites excluding steroid dienone is 10. The lowest BCUT2D eigenvalue weighted by Gasteiger charge is -2.33. The molecule has 0 bridgehead atoms. The summed E-state index contributed by atoms with van der Waals surface area (Å²) in [4.78, 5) is 10.2. The lowest BCUT2D eigenvalue weighted by molar-refractivity contribution is -0.104. The Hall–Kier alpha value is -1.63. The predicted molar refractivity (Wildman–Crippen MR) is 92.2 cm³/mol. The molecule has 0 aromatic rings. The van der Waals surface area contributed by atoms with Crippen molar-refractivity contribution in [3.63, 3.8) is 0 Å². The summed E-state index contributed by atoms with van der Waals surface area (Å²) in [6.07, 6.45) is 16.3. The van der Waals surface area contributed by atoms with Crippen molar-refractivity contribution in [1.82, 2.24) is 0 Å². The van der Waals surface area contributed by atoms with Gasteiger partial charge in [0, 0.05) is 0 Å². The molecule has 21 heavy (non-hydrogen) atoms. The van der Waals surface area contributed by atoms with Gasteiger partial charge in [0.2, 0.25) is 0 Å². The SMILES string of the molecule is CC1=C(/C=C/C(C)=C(C)/C=C\C=C\C=O)C(C)(C)CCC1. The molecule has 0 saturated heterocycles. The van der Waals surface area contributed by atoms with Crippen LogP contribution in [0.2, 0.25) is 0 Å². The zero-order valence-corrected chi connectivity index (χ0v) is 14.1. The van der Waals surface area contributed by atoms with Gasteiger partial charge < -0.3 is 0 Å². The fourth-order valence-electron chi connectivity index (χ4n) is 2.79. The quantitative estimate of drug-likeness (QED) is 0.358. The Bertz CT molecular complexity index is 522. The first-order chi connectivity index (χ1) is 9.88. The second-order valence-corrected chi connectivity index (χ2v) is 6.51. The fraction of sp³-hybridized carbons (Fsp3) is 0.450. The topological polar surface area (TPSA) is 17.1 Å². The van der Waals surface area contributed by atoms with E-state index >= 15 is 0 Å². The zero-order valence-electron chi connectivity index (χ0n) is 14.1. The number of aldehydes is 1. The molecule has 1 aliphatic rings. The van der Waals surface area contributed by atoms with Crippen molar-refractivity contribution in [3.8, 4) is 0 Å². The molecule has 1 rings (SSSR count). The number of carbonyl (C=O) groups is 1. The Balaban J connectivity index is 2.90. The molecule has 0 radical (unpaired) electrons. The summed E-state index contributed by atoms with van der Waals surface area (Å²) < 4.78 is 0. The molecule has 0 atom stereocenters. The first-order valence-electron chi connectivity index (χ1n) is 7.73. The van der Waals surface area contributed by atoms with Crippen LogP contribution in [0.15, 0.2) is 58.7 Å². The van der Waals surface area contributed by atoms with Crippen molar-refractivity contribution in [3.05, 3.63) is 58.7 Å². The molecule has 0 amide bonds. The van der Waals surface area contributed by atoms with E-state index in [1.54, 1.807) is 6.08 Å². The van der Waals surface area contributed by atoms with Crippen LogP contribution in [0, 0.1) is 5.41 Å². The largest absolute Gasteiger partial charge is 0.299 e. The van der Waals surface area contributed by atoms with Gasteiger partial charge in [-0.1, -0.05) is 49.8 Å². The van der Waals surface area contributed by atoms with E-state index in [1.807, 2.05) is 12.2 Å². The van der Waals surface area contributed by atoms with Crippen molar-refractivity contribution in [2.45, 2.75) is 53.9 Å². The van der Waals surface area contributed by atoms with Gasteiger partial charge in [-0.2, -0.15) is 0 Å². The summed E-state index contributed by atoms with van der Waals surface area (Å²) in [5, 5.41) is 0. The van der Waals surface area contributed by atoms with E-state index < -0.39 is 0 Å². The molecule has 0 fully saturated rings. The van der Waals surface area contributed by atoms with E-state index in [-0.39, 0.29) is 5.41 Å². The van der Waals surface area contributed by atoms with E-state index in [2.05, 4.69) is 46.8 Å². The van der Waals surface area contributed by atoms with Gasteiger partial charge in [0.25, 0.3) is 0 Å². The minimum absolute atomic E-state index is 0.287. The van der Waals surface area contributed by atoms with Crippen LogP contribution in [0.5, 0.6) is 0 Å². The highest BCUT2D eigenvalue weighted by atomic mass is 16.1. The van der Waals surface area contributed by atoms with E-state index in [0.717, 1.165) is 6.29 Å². The average molecular weight is 284 g/mol. The van der Waals surface area contributed by atoms with Crippen LogP contribution in [-0.2, 0) is 4.79 Å². The number of carbonyl (C=O) groups excluding carboxylic acids is 1. The average Bonchev–Trinajstić information content (AvgIpc) is 2.41. The summed E-state index contributed by atoms with van der Waals surface area (Å²) in [5.74, 6) is 0. The van der Waals surface area contributed by atoms with Crippen LogP contribution in [-0.4, -0.2) is 6.29 Å². The molecule has 1 heteroatoms. The third kappa shape index (κ3) is 5.34. The lowest BCUT2D eigenvalue weighted by Crippen LogP contribution is -2.19. The second kappa shape index (κ2) is 7.97. The third-order valence-corrected chi connectivity index (χ3v) is 4.31. The molecule has 0 unspecified atom stereocenters.